The second kappa shape index (κ2) is 11.2. The van der Waals surface area contributed by atoms with E-state index in [1.54, 1.807) is 18.2 Å². The SMILES string of the molecule is CCCCCCCCCCCOc1ccccc1C(=O)[O-]. The van der Waals surface area contributed by atoms with Gasteiger partial charge in [-0.05, 0) is 18.6 Å². The highest BCUT2D eigenvalue weighted by Crippen LogP contribution is 2.17. The Morgan fingerprint density at radius 2 is 1.52 bits per heavy atom. The van der Waals surface area contributed by atoms with Crippen molar-refractivity contribution in [3.05, 3.63) is 29.8 Å². The lowest BCUT2D eigenvalue weighted by Crippen LogP contribution is -2.23. The van der Waals surface area contributed by atoms with Gasteiger partial charge in [0, 0.05) is 5.56 Å². The highest BCUT2D eigenvalue weighted by atomic mass is 16.5. The molecule has 0 saturated heterocycles. The smallest absolute Gasteiger partial charge is 0.128 e. The van der Waals surface area contributed by atoms with E-state index in [-0.39, 0.29) is 5.56 Å². The lowest BCUT2D eigenvalue weighted by atomic mass is 10.1. The lowest BCUT2D eigenvalue weighted by Gasteiger charge is -2.11. The van der Waals surface area contributed by atoms with Crippen LogP contribution in [0.2, 0.25) is 0 Å². The number of hydrogen-bond donors (Lipinski definition) is 0. The van der Waals surface area contributed by atoms with E-state index in [9.17, 15) is 9.90 Å². The van der Waals surface area contributed by atoms with E-state index < -0.39 is 5.97 Å². The number of unbranched alkanes of at least 4 members (excludes halogenated alkanes) is 8. The summed E-state index contributed by atoms with van der Waals surface area (Å²) in [6.45, 7) is 2.80. The zero-order valence-electron chi connectivity index (χ0n) is 13.1. The van der Waals surface area contributed by atoms with Gasteiger partial charge in [-0.3, -0.25) is 0 Å². The standard InChI is InChI=1S/C18H28O3/c1-2-3-4-5-6-7-8-9-12-15-21-17-14-11-10-13-16(17)18(19)20/h10-11,13-14H,2-9,12,15H2,1H3,(H,19,20)/p-1. The fourth-order valence-electron chi connectivity index (χ4n) is 2.36. The molecule has 0 radical (unpaired) electrons. The number of carbonyl (C=O) groups is 1. The zero-order chi connectivity index (χ0) is 15.3. The van der Waals surface area contributed by atoms with Crippen LogP contribution in [0.25, 0.3) is 0 Å². The van der Waals surface area contributed by atoms with Crippen molar-refractivity contribution >= 4 is 5.97 Å². The van der Waals surface area contributed by atoms with Gasteiger partial charge in [0.15, 0.2) is 0 Å². The first-order valence-corrected chi connectivity index (χ1v) is 8.19. The van der Waals surface area contributed by atoms with Gasteiger partial charge in [0.2, 0.25) is 0 Å². The topological polar surface area (TPSA) is 49.4 Å². The number of ether oxygens (including phenoxy) is 1. The summed E-state index contributed by atoms with van der Waals surface area (Å²) in [5.41, 5.74) is 0.133. The maximum atomic E-state index is 10.9. The Bertz CT molecular complexity index is 401. The molecule has 1 aromatic rings. The number of carbonyl (C=O) groups excluding carboxylic acids is 1. The molecule has 0 unspecified atom stereocenters. The minimum atomic E-state index is -1.18. The van der Waals surface area contributed by atoms with Crippen LogP contribution in [0, 0.1) is 0 Å². The highest BCUT2D eigenvalue weighted by molar-refractivity contribution is 5.89. The van der Waals surface area contributed by atoms with Gasteiger partial charge in [0.05, 0.1) is 12.6 Å². The van der Waals surface area contributed by atoms with Crippen molar-refractivity contribution in [2.24, 2.45) is 0 Å². The molecule has 0 amide bonds. The van der Waals surface area contributed by atoms with Crippen molar-refractivity contribution in [2.45, 2.75) is 64.7 Å². The van der Waals surface area contributed by atoms with Crippen molar-refractivity contribution in [1.29, 1.82) is 0 Å². The Hall–Kier alpha value is -1.51. The molecule has 0 atom stereocenters. The summed E-state index contributed by atoms with van der Waals surface area (Å²) >= 11 is 0. The molecule has 0 N–H and O–H groups in total. The third-order valence-electron chi connectivity index (χ3n) is 3.61. The van der Waals surface area contributed by atoms with Crippen LogP contribution in [0.3, 0.4) is 0 Å². The normalized spacial score (nSPS) is 10.5. The van der Waals surface area contributed by atoms with E-state index >= 15 is 0 Å². The van der Waals surface area contributed by atoms with Crippen LogP contribution in [-0.2, 0) is 0 Å². The predicted octanol–water partition coefficient (Wildman–Crippen LogP) is 3.96. The molecule has 0 heterocycles. The summed E-state index contributed by atoms with van der Waals surface area (Å²) in [5, 5.41) is 10.9. The molecular weight excluding hydrogens is 264 g/mol. The van der Waals surface area contributed by atoms with Crippen LogP contribution in [-0.4, -0.2) is 12.6 Å². The van der Waals surface area contributed by atoms with E-state index in [1.807, 2.05) is 0 Å². The third-order valence-corrected chi connectivity index (χ3v) is 3.61. The molecule has 0 aliphatic rings. The fourth-order valence-corrected chi connectivity index (χ4v) is 2.36. The van der Waals surface area contributed by atoms with Crippen LogP contribution in [0.5, 0.6) is 5.75 Å². The van der Waals surface area contributed by atoms with Crippen molar-refractivity contribution in [2.75, 3.05) is 6.61 Å². The number of rotatable bonds is 12. The lowest BCUT2D eigenvalue weighted by molar-refractivity contribution is -0.255. The molecule has 1 aromatic carbocycles. The average Bonchev–Trinajstić information content (AvgIpc) is 2.49. The molecule has 0 bridgehead atoms. The first kappa shape index (κ1) is 17.5. The molecule has 0 saturated carbocycles. The van der Waals surface area contributed by atoms with Gasteiger partial charge in [0.25, 0.3) is 0 Å². The molecule has 0 aliphatic heterocycles. The Morgan fingerprint density at radius 1 is 0.952 bits per heavy atom. The summed E-state index contributed by atoms with van der Waals surface area (Å²) in [7, 11) is 0. The second-order valence-corrected chi connectivity index (χ2v) is 5.46. The minimum Gasteiger partial charge on any atom is -0.545 e. The quantitative estimate of drug-likeness (QED) is 0.548. The predicted molar refractivity (Wildman–Crippen MR) is 83.5 cm³/mol. The number of hydrogen-bond acceptors (Lipinski definition) is 3. The summed E-state index contributed by atoms with van der Waals surface area (Å²) < 4.78 is 5.54. The van der Waals surface area contributed by atoms with Crippen molar-refractivity contribution < 1.29 is 14.6 Å². The molecule has 0 aromatic heterocycles. The molecule has 1 rings (SSSR count). The third kappa shape index (κ3) is 7.74. The largest absolute Gasteiger partial charge is 0.545 e. The Labute approximate surface area is 128 Å². The van der Waals surface area contributed by atoms with Crippen LogP contribution >= 0.6 is 0 Å². The molecule has 0 fully saturated rings. The highest BCUT2D eigenvalue weighted by Gasteiger charge is 2.03. The first-order valence-electron chi connectivity index (χ1n) is 8.19. The first-order chi connectivity index (χ1) is 10.3. The summed E-state index contributed by atoms with van der Waals surface area (Å²) in [6.07, 6.45) is 11.3. The van der Waals surface area contributed by atoms with E-state index in [4.69, 9.17) is 4.74 Å². The van der Waals surface area contributed by atoms with Gasteiger partial charge in [-0.1, -0.05) is 70.4 Å². The Balaban J connectivity index is 2.06. The number of benzene rings is 1. The molecule has 0 spiro atoms. The fraction of sp³-hybridized carbons (Fsp3) is 0.611. The molecule has 3 heteroatoms. The molecule has 118 valence electrons. The van der Waals surface area contributed by atoms with Crippen LogP contribution in [0.4, 0.5) is 0 Å². The molecule has 3 nitrogen and oxygen atoms in total. The average molecular weight is 291 g/mol. The maximum Gasteiger partial charge on any atom is 0.128 e. The Morgan fingerprint density at radius 3 is 2.14 bits per heavy atom. The van der Waals surface area contributed by atoms with Gasteiger partial charge in [-0.25, -0.2) is 0 Å². The van der Waals surface area contributed by atoms with Crippen molar-refractivity contribution in [3.63, 3.8) is 0 Å². The number of carboxylic acid groups (broad SMARTS) is 1. The van der Waals surface area contributed by atoms with E-state index in [0.29, 0.717) is 12.4 Å². The van der Waals surface area contributed by atoms with Gasteiger partial charge >= 0.3 is 0 Å². The number of carboxylic acids is 1. The maximum absolute atomic E-state index is 10.9. The van der Waals surface area contributed by atoms with Crippen molar-refractivity contribution in [3.8, 4) is 5.75 Å². The summed E-state index contributed by atoms with van der Waals surface area (Å²) in [6, 6.07) is 6.65. The molecule has 0 aliphatic carbocycles. The minimum absolute atomic E-state index is 0.133. The van der Waals surface area contributed by atoms with Crippen molar-refractivity contribution in [1.82, 2.24) is 0 Å². The number of para-hydroxylation sites is 1. The van der Waals surface area contributed by atoms with E-state index in [0.717, 1.165) is 12.8 Å². The summed E-state index contributed by atoms with van der Waals surface area (Å²) in [5.74, 6) is -0.769. The molecule has 21 heavy (non-hydrogen) atoms. The monoisotopic (exact) mass is 291 g/mol. The zero-order valence-corrected chi connectivity index (χ0v) is 13.1. The van der Waals surface area contributed by atoms with Crippen LogP contribution in [0.15, 0.2) is 24.3 Å². The van der Waals surface area contributed by atoms with E-state index in [1.165, 1.54) is 51.0 Å². The van der Waals surface area contributed by atoms with Gasteiger partial charge < -0.3 is 14.6 Å². The second-order valence-electron chi connectivity index (χ2n) is 5.46. The molecular formula is C18H27O3-. The Kier molecular flexibility index (Phi) is 9.34. The van der Waals surface area contributed by atoms with Gasteiger partial charge in [-0.15, -0.1) is 0 Å². The van der Waals surface area contributed by atoms with Crippen LogP contribution in [0.1, 0.15) is 75.1 Å². The van der Waals surface area contributed by atoms with E-state index in [2.05, 4.69) is 6.92 Å². The van der Waals surface area contributed by atoms with Crippen LogP contribution < -0.4 is 9.84 Å². The van der Waals surface area contributed by atoms with Gasteiger partial charge in [-0.2, -0.15) is 0 Å². The van der Waals surface area contributed by atoms with Gasteiger partial charge in [0.1, 0.15) is 5.75 Å². The summed E-state index contributed by atoms with van der Waals surface area (Å²) in [4.78, 5) is 10.9. The number of aromatic carboxylic acids is 1.